The molecule has 0 N–H and O–H groups in total. The molecule has 0 bridgehead atoms. The summed E-state index contributed by atoms with van der Waals surface area (Å²) in [6.07, 6.45) is 7.83. The van der Waals surface area contributed by atoms with Crippen LogP contribution in [0.4, 0.5) is 0 Å². The van der Waals surface area contributed by atoms with Gasteiger partial charge < -0.3 is 4.42 Å². The quantitative estimate of drug-likeness (QED) is 0.563. The van der Waals surface area contributed by atoms with Gasteiger partial charge in [0.15, 0.2) is 5.78 Å². The molecule has 3 nitrogen and oxygen atoms in total. The van der Waals surface area contributed by atoms with Crippen LogP contribution >= 0.6 is 0 Å². The molecule has 0 aliphatic rings. The highest BCUT2D eigenvalue weighted by Gasteiger charge is 2.00. The lowest BCUT2D eigenvalue weighted by Crippen LogP contribution is -1.93. The van der Waals surface area contributed by atoms with Crippen LogP contribution in [-0.4, -0.2) is 10.8 Å². The number of nitrogens with zero attached hydrogens (tertiary/aromatic N) is 1. The molecule has 15 heavy (non-hydrogen) atoms. The molecule has 0 aliphatic heterocycles. The first-order chi connectivity index (χ1) is 7.36. The maximum absolute atomic E-state index is 11.6. The number of carbonyl (C=O) groups excluding carboxylic acids is 1. The summed E-state index contributed by atoms with van der Waals surface area (Å²) in [5.41, 5.74) is 0.570. The van der Waals surface area contributed by atoms with E-state index in [2.05, 4.69) is 4.98 Å². The maximum atomic E-state index is 11.6. The Morgan fingerprint density at radius 1 is 1.33 bits per heavy atom. The highest BCUT2D eigenvalue weighted by molar-refractivity contribution is 6.06. The van der Waals surface area contributed by atoms with E-state index in [0.717, 1.165) is 0 Å². The van der Waals surface area contributed by atoms with Gasteiger partial charge in [-0.15, -0.1) is 0 Å². The first-order valence-corrected chi connectivity index (χ1v) is 4.52. The summed E-state index contributed by atoms with van der Waals surface area (Å²) in [5, 5.41) is 0. The zero-order chi connectivity index (χ0) is 10.5. The Kier molecular flexibility index (Phi) is 2.74. The summed E-state index contributed by atoms with van der Waals surface area (Å²) in [6, 6.07) is 7.01. The van der Waals surface area contributed by atoms with Gasteiger partial charge in [0, 0.05) is 18.0 Å². The number of ketones is 1. The monoisotopic (exact) mass is 199 g/mol. The number of hydrogen-bond donors (Lipinski definition) is 0. The highest BCUT2D eigenvalue weighted by atomic mass is 16.3. The molecular formula is C12H9NO2. The molecule has 2 rings (SSSR count). The Balaban J connectivity index is 2.11. The van der Waals surface area contributed by atoms with Crippen molar-refractivity contribution in [1.29, 1.82) is 0 Å². The largest absolute Gasteiger partial charge is 0.465 e. The maximum Gasteiger partial charge on any atom is 0.187 e. The molecule has 0 spiro atoms. The Labute approximate surface area is 87.1 Å². The average Bonchev–Trinajstić information content (AvgIpc) is 2.80. The number of carbonyl (C=O) groups is 1. The van der Waals surface area contributed by atoms with Gasteiger partial charge in [-0.3, -0.25) is 9.78 Å². The minimum Gasteiger partial charge on any atom is -0.465 e. The fourth-order valence-electron chi connectivity index (χ4n) is 1.15. The van der Waals surface area contributed by atoms with Crippen LogP contribution in [0.15, 0.2) is 53.4 Å². The highest BCUT2D eigenvalue weighted by Crippen LogP contribution is 2.05. The van der Waals surface area contributed by atoms with Crippen LogP contribution < -0.4 is 0 Å². The van der Waals surface area contributed by atoms with Gasteiger partial charge in [-0.25, -0.2) is 0 Å². The second-order valence-corrected chi connectivity index (χ2v) is 2.95. The van der Waals surface area contributed by atoms with Crippen molar-refractivity contribution >= 4 is 11.9 Å². The van der Waals surface area contributed by atoms with E-state index in [1.165, 1.54) is 12.3 Å². The second kappa shape index (κ2) is 4.37. The molecule has 0 saturated heterocycles. The average molecular weight is 199 g/mol. The van der Waals surface area contributed by atoms with E-state index in [-0.39, 0.29) is 5.78 Å². The number of aromatic nitrogens is 1. The standard InChI is InChI=1S/C12H9NO2/c14-12(10-3-1-7-13-9-10)6-5-11-4-2-8-15-11/h1-9H/b6-5+. The minimum absolute atomic E-state index is 0.0838. The molecule has 0 unspecified atom stereocenters. The van der Waals surface area contributed by atoms with Gasteiger partial charge in [0.2, 0.25) is 0 Å². The van der Waals surface area contributed by atoms with Crippen molar-refractivity contribution in [2.24, 2.45) is 0 Å². The van der Waals surface area contributed by atoms with Gasteiger partial charge in [-0.05, 0) is 36.4 Å². The topological polar surface area (TPSA) is 43.1 Å². The van der Waals surface area contributed by atoms with E-state index in [1.54, 1.807) is 42.8 Å². The van der Waals surface area contributed by atoms with Crippen LogP contribution in [0.3, 0.4) is 0 Å². The van der Waals surface area contributed by atoms with E-state index in [4.69, 9.17) is 4.42 Å². The van der Waals surface area contributed by atoms with E-state index in [9.17, 15) is 4.79 Å². The SMILES string of the molecule is O=C(/C=C/c1ccco1)c1cccnc1. The third-order valence-electron chi connectivity index (χ3n) is 1.89. The van der Waals surface area contributed by atoms with Crippen molar-refractivity contribution in [1.82, 2.24) is 4.98 Å². The van der Waals surface area contributed by atoms with E-state index < -0.39 is 0 Å². The molecular weight excluding hydrogens is 190 g/mol. The molecule has 0 fully saturated rings. The predicted octanol–water partition coefficient (Wildman–Crippen LogP) is 2.57. The normalized spacial score (nSPS) is 10.7. The predicted molar refractivity (Wildman–Crippen MR) is 56.3 cm³/mol. The minimum atomic E-state index is -0.0838. The molecule has 2 heterocycles. The molecule has 0 aromatic carbocycles. The van der Waals surface area contributed by atoms with Crippen LogP contribution in [0.25, 0.3) is 6.08 Å². The Morgan fingerprint density at radius 3 is 2.93 bits per heavy atom. The zero-order valence-electron chi connectivity index (χ0n) is 7.96. The van der Waals surface area contributed by atoms with Gasteiger partial charge in [-0.1, -0.05) is 0 Å². The molecule has 0 saturated carbocycles. The number of pyridine rings is 1. The van der Waals surface area contributed by atoms with Gasteiger partial charge in [0.1, 0.15) is 5.76 Å². The van der Waals surface area contributed by atoms with Gasteiger partial charge in [-0.2, -0.15) is 0 Å². The third-order valence-corrected chi connectivity index (χ3v) is 1.89. The lowest BCUT2D eigenvalue weighted by molar-refractivity contribution is 0.104. The fraction of sp³-hybridized carbons (Fsp3) is 0. The summed E-state index contributed by atoms with van der Waals surface area (Å²) in [4.78, 5) is 15.4. The van der Waals surface area contributed by atoms with Crippen molar-refractivity contribution < 1.29 is 9.21 Å². The fourth-order valence-corrected chi connectivity index (χ4v) is 1.15. The van der Waals surface area contributed by atoms with Gasteiger partial charge in [0.05, 0.1) is 6.26 Å². The summed E-state index contributed by atoms with van der Waals surface area (Å²) in [7, 11) is 0. The van der Waals surface area contributed by atoms with Crippen molar-refractivity contribution in [3.05, 3.63) is 60.3 Å². The van der Waals surface area contributed by atoms with Crippen molar-refractivity contribution in [2.45, 2.75) is 0 Å². The van der Waals surface area contributed by atoms with Crippen LogP contribution in [0.2, 0.25) is 0 Å². The molecule has 0 radical (unpaired) electrons. The third kappa shape index (κ3) is 2.40. The first-order valence-electron chi connectivity index (χ1n) is 4.52. The second-order valence-electron chi connectivity index (χ2n) is 2.95. The molecule has 0 atom stereocenters. The van der Waals surface area contributed by atoms with Crippen molar-refractivity contribution in [3.63, 3.8) is 0 Å². The number of allylic oxidation sites excluding steroid dienone is 1. The zero-order valence-corrected chi connectivity index (χ0v) is 7.96. The first kappa shape index (κ1) is 9.40. The van der Waals surface area contributed by atoms with Gasteiger partial charge in [0.25, 0.3) is 0 Å². The summed E-state index contributed by atoms with van der Waals surface area (Å²) < 4.78 is 5.07. The van der Waals surface area contributed by atoms with E-state index in [0.29, 0.717) is 11.3 Å². The van der Waals surface area contributed by atoms with Crippen LogP contribution in [0.5, 0.6) is 0 Å². The summed E-state index contributed by atoms with van der Waals surface area (Å²) in [5.74, 6) is 0.576. The Morgan fingerprint density at radius 2 is 2.27 bits per heavy atom. The van der Waals surface area contributed by atoms with E-state index >= 15 is 0 Å². The van der Waals surface area contributed by atoms with Crippen molar-refractivity contribution in [2.75, 3.05) is 0 Å². The summed E-state index contributed by atoms with van der Waals surface area (Å²) in [6.45, 7) is 0. The molecule has 2 aromatic heterocycles. The van der Waals surface area contributed by atoms with Gasteiger partial charge >= 0.3 is 0 Å². The molecule has 0 amide bonds. The van der Waals surface area contributed by atoms with Crippen LogP contribution in [-0.2, 0) is 0 Å². The van der Waals surface area contributed by atoms with Crippen LogP contribution in [0, 0.1) is 0 Å². The summed E-state index contributed by atoms with van der Waals surface area (Å²) >= 11 is 0. The Hall–Kier alpha value is -2.16. The molecule has 3 heteroatoms. The van der Waals surface area contributed by atoms with Crippen molar-refractivity contribution in [3.8, 4) is 0 Å². The number of hydrogen-bond acceptors (Lipinski definition) is 3. The molecule has 2 aromatic rings. The Bertz CT molecular complexity index is 458. The number of rotatable bonds is 3. The lowest BCUT2D eigenvalue weighted by atomic mass is 10.2. The molecule has 74 valence electrons. The number of furan rings is 1. The lowest BCUT2D eigenvalue weighted by Gasteiger charge is -1.92. The molecule has 0 aliphatic carbocycles. The van der Waals surface area contributed by atoms with Crippen LogP contribution in [0.1, 0.15) is 16.1 Å². The smallest absolute Gasteiger partial charge is 0.187 e. The van der Waals surface area contributed by atoms with E-state index in [1.807, 2.05) is 0 Å².